The number of piperidine rings is 1. The lowest BCUT2D eigenvalue weighted by Crippen LogP contribution is -2.44. The van der Waals surface area contributed by atoms with E-state index in [9.17, 15) is 13.5 Å². The van der Waals surface area contributed by atoms with Gasteiger partial charge in [0, 0.05) is 25.1 Å². The molecule has 1 rings (SSSR count). The third kappa shape index (κ3) is 5.84. The van der Waals surface area contributed by atoms with Crippen LogP contribution in [0.1, 0.15) is 39.0 Å². The maximum absolute atomic E-state index is 11.0. The summed E-state index contributed by atoms with van der Waals surface area (Å²) in [5, 5.41) is 10.3. The van der Waals surface area contributed by atoms with Crippen LogP contribution in [0.15, 0.2) is 0 Å². The lowest BCUT2D eigenvalue weighted by atomic mass is 9.87. The topological polar surface area (TPSA) is 57.6 Å². The van der Waals surface area contributed by atoms with Crippen molar-refractivity contribution in [2.45, 2.75) is 44.6 Å². The molecule has 0 aromatic heterocycles. The Morgan fingerprint density at radius 3 is 2.35 bits per heavy atom. The third-order valence-electron chi connectivity index (χ3n) is 3.48. The smallest absolute Gasteiger partial charge is 0.147 e. The molecule has 1 aliphatic rings. The maximum atomic E-state index is 11.0. The summed E-state index contributed by atoms with van der Waals surface area (Å²) in [6, 6.07) is 0. The normalized spacial score (nSPS) is 21.6. The highest BCUT2D eigenvalue weighted by Gasteiger charge is 2.31. The van der Waals surface area contributed by atoms with Crippen molar-refractivity contribution in [1.29, 1.82) is 0 Å². The van der Waals surface area contributed by atoms with Gasteiger partial charge in [0.25, 0.3) is 0 Å². The fraction of sp³-hybridized carbons (Fsp3) is 1.00. The summed E-state index contributed by atoms with van der Waals surface area (Å²) in [5.41, 5.74) is -0.630. The Bertz CT molecular complexity index is 319. The Hall–Kier alpha value is -0.130. The average Bonchev–Trinajstić information content (AvgIpc) is 2.20. The van der Waals surface area contributed by atoms with Crippen molar-refractivity contribution in [2.24, 2.45) is 0 Å². The van der Waals surface area contributed by atoms with Crippen molar-refractivity contribution in [3.8, 4) is 0 Å². The zero-order valence-corrected chi connectivity index (χ0v) is 11.8. The molecule has 102 valence electrons. The molecule has 0 unspecified atom stereocenters. The Kier molecular flexibility index (Phi) is 5.41. The predicted molar refractivity (Wildman–Crippen MR) is 69.9 cm³/mol. The van der Waals surface area contributed by atoms with Crippen molar-refractivity contribution in [3.63, 3.8) is 0 Å². The van der Waals surface area contributed by atoms with Gasteiger partial charge in [0.2, 0.25) is 0 Å². The van der Waals surface area contributed by atoms with Gasteiger partial charge in [-0.2, -0.15) is 0 Å². The number of rotatable bonds is 6. The van der Waals surface area contributed by atoms with Crippen LogP contribution >= 0.6 is 0 Å². The van der Waals surface area contributed by atoms with Crippen LogP contribution in [0.3, 0.4) is 0 Å². The van der Waals surface area contributed by atoms with Crippen LogP contribution in [0.4, 0.5) is 0 Å². The van der Waals surface area contributed by atoms with E-state index in [1.165, 1.54) is 6.26 Å². The first-order valence-electron chi connectivity index (χ1n) is 6.47. The predicted octanol–water partition coefficient (Wildman–Crippen LogP) is 1.05. The van der Waals surface area contributed by atoms with E-state index in [0.717, 1.165) is 38.9 Å². The zero-order chi connectivity index (χ0) is 12.9. The van der Waals surface area contributed by atoms with E-state index in [1.807, 2.05) is 0 Å². The molecule has 0 radical (unpaired) electrons. The molecule has 1 aliphatic heterocycles. The molecule has 0 aromatic carbocycles. The second-order valence-electron chi connectivity index (χ2n) is 5.30. The molecule has 1 saturated heterocycles. The molecule has 1 N–H and O–H groups in total. The van der Waals surface area contributed by atoms with Crippen LogP contribution in [0.2, 0.25) is 0 Å². The monoisotopic (exact) mass is 263 g/mol. The summed E-state index contributed by atoms with van der Waals surface area (Å²) >= 11 is 0. The molecule has 17 heavy (non-hydrogen) atoms. The lowest BCUT2D eigenvalue weighted by Gasteiger charge is -2.38. The van der Waals surface area contributed by atoms with Crippen molar-refractivity contribution in [1.82, 2.24) is 4.90 Å². The van der Waals surface area contributed by atoms with E-state index < -0.39 is 15.4 Å². The lowest BCUT2D eigenvalue weighted by molar-refractivity contribution is -0.0277. The summed E-state index contributed by atoms with van der Waals surface area (Å²) in [6.07, 6.45) is 5.13. The highest BCUT2D eigenvalue weighted by atomic mass is 32.2. The summed E-state index contributed by atoms with van der Waals surface area (Å²) in [7, 11) is -2.89. The number of likely N-dealkylation sites (tertiary alicyclic amines) is 1. The van der Waals surface area contributed by atoms with Crippen LogP contribution in [0.25, 0.3) is 0 Å². The van der Waals surface area contributed by atoms with Crippen LogP contribution < -0.4 is 0 Å². The minimum Gasteiger partial charge on any atom is -0.390 e. The second kappa shape index (κ2) is 6.16. The van der Waals surface area contributed by atoms with Gasteiger partial charge in [-0.3, -0.25) is 0 Å². The van der Waals surface area contributed by atoms with E-state index >= 15 is 0 Å². The minimum absolute atomic E-state index is 0.188. The van der Waals surface area contributed by atoms with Crippen molar-refractivity contribution < 1.29 is 13.5 Å². The largest absolute Gasteiger partial charge is 0.390 e. The van der Waals surface area contributed by atoms with Crippen molar-refractivity contribution in [3.05, 3.63) is 0 Å². The van der Waals surface area contributed by atoms with Crippen LogP contribution in [0.5, 0.6) is 0 Å². The first-order valence-corrected chi connectivity index (χ1v) is 8.53. The fourth-order valence-electron chi connectivity index (χ4n) is 2.42. The van der Waals surface area contributed by atoms with Gasteiger partial charge in [-0.25, -0.2) is 8.42 Å². The first kappa shape index (κ1) is 14.9. The summed E-state index contributed by atoms with van der Waals surface area (Å²) < 4.78 is 22.0. The molecule has 0 spiro atoms. The maximum Gasteiger partial charge on any atom is 0.147 e. The second-order valence-corrected chi connectivity index (χ2v) is 7.56. The number of sulfone groups is 1. The van der Waals surface area contributed by atoms with E-state index in [-0.39, 0.29) is 5.75 Å². The molecular weight excluding hydrogens is 238 g/mol. The average molecular weight is 263 g/mol. The van der Waals surface area contributed by atoms with Gasteiger partial charge in [-0.15, -0.1) is 0 Å². The molecule has 0 aromatic rings. The highest BCUT2D eigenvalue weighted by Crippen LogP contribution is 2.27. The molecule has 0 bridgehead atoms. The first-order chi connectivity index (χ1) is 7.85. The SMILES string of the molecule is CCCN1CCC(O)(CCCS(C)(=O)=O)CC1. The molecule has 1 heterocycles. The van der Waals surface area contributed by atoms with Gasteiger partial charge in [0.05, 0.1) is 5.60 Å². The van der Waals surface area contributed by atoms with Crippen molar-refractivity contribution in [2.75, 3.05) is 31.6 Å². The van der Waals surface area contributed by atoms with Crippen LogP contribution in [-0.2, 0) is 9.84 Å². The summed E-state index contributed by atoms with van der Waals surface area (Å²) in [5.74, 6) is 0.188. The quantitative estimate of drug-likeness (QED) is 0.778. The molecule has 4 nitrogen and oxygen atoms in total. The van der Waals surface area contributed by atoms with Gasteiger partial charge < -0.3 is 10.0 Å². The molecular formula is C12H25NO3S. The van der Waals surface area contributed by atoms with Gasteiger partial charge >= 0.3 is 0 Å². The standard InChI is InChI=1S/C12H25NO3S/c1-3-8-13-9-6-12(14,7-10-13)5-4-11-17(2,15)16/h14H,3-11H2,1-2H3. The number of nitrogens with zero attached hydrogens (tertiary/aromatic N) is 1. The molecule has 0 aliphatic carbocycles. The molecule has 5 heteroatoms. The Morgan fingerprint density at radius 2 is 1.88 bits per heavy atom. The molecule has 0 amide bonds. The molecule has 0 atom stereocenters. The van der Waals surface area contributed by atoms with E-state index in [0.29, 0.717) is 12.8 Å². The minimum atomic E-state index is -2.89. The zero-order valence-electron chi connectivity index (χ0n) is 11.0. The van der Waals surface area contributed by atoms with E-state index in [2.05, 4.69) is 11.8 Å². The van der Waals surface area contributed by atoms with E-state index in [4.69, 9.17) is 0 Å². The summed E-state index contributed by atoms with van der Waals surface area (Å²) in [6.45, 7) is 5.12. The fourth-order valence-corrected chi connectivity index (χ4v) is 3.09. The molecule has 0 saturated carbocycles. The summed E-state index contributed by atoms with van der Waals surface area (Å²) in [4.78, 5) is 2.37. The van der Waals surface area contributed by atoms with Gasteiger partial charge in [-0.05, 0) is 38.6 Å². The van der Waals surface area contributed by atoms with Gasteiger partial charge in [0.1, 0.15) is 9.84 Å². The van der Waals surface area contributed by atoms with Crippen LogP contribution in [-0.4, -0.2) is 55.7 Å². The Labute approximate surface area is 105 Å². The highest BCUT2D eigenvalue weighted by molar-refractivity contribution is 7.90. The third-order valence-corrected chi connectivity index (χ3v) is 4.51. The Balaban J connectivity index is 2.29. The number of hydrogen-bond acceptors (Lipinski definition) is 4. The van der Waals surface area contributed by atoms with E-state index in [1.54, 1.807) is 0 Å². The Morgan fingerprint density at radius 1 is 1.29 bits per heavy atom. The van der Waals surface area contributed by atoms with Gasteiger partial charge in [0.15, 0.2) is 0 Å². The van der Waals surface area contributed by atoms with Crippen LogP contribution in [0, 0.1) is 0 Å². The molecule has 1 fully saturated rings. The van der Waals surface area contributed by atoms with Crippen molar-refractivity contribution >= 4 is 9.84 Å². The number of hydrogen-bond donors (Lipinski definition) is 1. The van der Waals surface area contributed by atoms with Gasteiger partial charge in [-0.1, -0.05) is 6.92 Å². The number of aliphatic hydroxyl groups is 1.